The highest BCUT2D eigenvalue weighted by atomic mass is 32.1. The van der Waals surface area contributed by atoms with E-state index in [0.717, 1.165) is 13.1 Å². The van der Waals surface area contributed by atoms with E-state index in [-0.39, 0.29) is 0 Å². The number of piperidine rings is 1. The largest absolute Gasteiger partial charge is 0.384 e. The van der Waals surface area contributed by atoms with Gasteiger partial charge in [0.2, 0.25) is 0 Å². The number of benzene rings is 1. The number of hydrogen-bond donors (Lipinski definition) is 1. The van der Waals surface area contributed by atoms with Crippen LogP contribution in [-0.2, 0) is 13.0 Å². The van der Waals surface area contributed by atoms with Crippen LogP contribution >= 0.6 is 11.3 Å². The molecule has 2 aliphatic rings. The van der Waals surface area contributed by atoms with Gasteiger partial charge in [-0.1, -0.05) is 18.2 Å². The molecule has 1 N–H and O–H groups in total. The summed E-state index contributed by atoms with van der Waals surface area (Å²) < 4.78 is 0. The summed E-state index contributed by atoms with van der Waals surface area (Å²) >= 11 is 1.81. The molecule has 0 unspecified atom stereocenters. The lowest BCUT2D eigenvalue weighted by Crippen LogP contribution is -2.32. The molecule has 1 saturated heterocycles. The molecule has 0 saturated carbocycles. The Morgan fingerprint density at radius 1 is 1.29 bits per heavy atom. The third kappa shape index (κ3) is 2.70. The molecule has 4 rings (SSSR count). The predicted molar refractivity (Wildman–Crippen MR) is 88.0 cm³/mol. The number of nitrogens with one attached hydrogen (secondary N) is 1. The van der Waals surface area contributed by atoms with Gasteiger partial charge >= 0.3 is 0 Å². The Morgan fingerprint density at radius 3 is 3.00 bits per heavy atom. The molecule has 2 aliphatic heterocycles. The van der Waals surface area contributed by atoms with Crippen LogP contribution in [0.2, 0.25) is 0 Å². The van der Waals surface area contributed by atoms with Crippen molar-refractivity contribution in [2.45, 2.75) is 31.7 Å². The molecule has 1 aromatic carbocycles. The minimum atomic E-state index is 0.681. The lowest BCUT2D eigenvalue weighted by molar-refractivity contribution is 0.205. The first-order valence-corrected chi connectivity index (χ1v) is 8.74. The Kier molecular flexibility index (Phi) is 3.65. The monoisotopic (exact) mass is 299 g/mol. The van der Waals surface area contributed by atoms with Gasteiger partial charge in [0.25, 0.3) is 0 Å². The first-order chi connectivity index (χ1) is 10.4. The van der Waals surface area contributed by atoms with E-state index in [1.54, 1.807) is 0 Å². The summed E-state index contributed by atoms with van der Waals surface area (Å²) in [6, 6.07) is 6.75. The van der Waals surface area contributed by atoms with E-state index in [1.165, 1.54) is 54.2 Å². The Labute approximate surface area is 130 Å². The van der Waals surface area contributed by atoms with Gasteiger partial charge in [0, 0.05) is 36.3 Å². The summed E-state index contributed by atoms with van der Waals surface area (Å²) in [4.78, 5) is 7.08. The molecule has 21 heavy (non-hydrogen) atoms. The van der Waals surface area contributed by atoms with Crippen LogP contribution in [0.5, 0.6) is 0 Å². The topological polar surface area (TPSA) is 28.2 Å². The maximum Gasteiger partial charge on any atom is 0.0956 e. The zero-order valence-electron chi connectivity index (χ0n) is 12.2. The fourth-order valence-corrected chi connectivity index (χ4v) is 4.37. The number of fused-ring (bicyclic) bond motifs is 1. The van der Waals surface area contributed by atoms with Crippen LogP contribution < -0.4 is 5.32 Å². The molecule has 0 bridgehead atoms. The number of anilines is 1. The Bertz CT molecular complexity index is 601. The average Bonchev–Trinajstić information content (AvgIpc) is 3.20. The van der Waals surface area contributed by atoms with Gasteiger partial charge in [-0.2, -0.15) is 0 Å². The number of thiazole rings is 1. The van der Waals surface area contributed by atoms with Crippen molar-refractivity contribution >= 4 is 17.0 Å². The van der Waals surface area contributed by atoms with Crippen LogP contribution in [0.4, 0.5) is 5.69 Å². The van der Waals surface area contributed by atoms with Crippen molar-refractivity contribution in [1.29, 1.82) is 0 Å². The van der Waals surface area contributed by atoms with Crippen LogP contribution in [-0.4, -0.2) is 29.5 Å². The summed E-state index contributed by atoms with van der Waals surface area (Å²) in [6.45, 7) is 4.56. The molecule has 110 valence electrons. The number of aromatic nitrogens is 1. The fourth-order valence-electron chi connectivity index (χ4n) is 3.56. The minimum Gasteiger partial charge on any atom is -0.384 e. The molecule has 1 aromatic heterocycles. The van der Waals surface area contributed by atoms with Crippen molar-refractivity contribution in [3.05, 3.63) is 45.9 Å². The van der Waals surface area contributed by atoms with Crippen LogP contribution in [0.1, 0.15) is 34.9 Å². The van der Waals surface area contributed by atoms with E-state index in [2.05, 4.69) is 38.8 Å². The highest BCUT2D eigenvalue weighted by molar-refractivity contribution is 7.09. The van der Waals surface area contributed by atoms with Crippen molar-refractivity contribution < 1.29 is 0 Å². The quantitative estimate of drug-likeness (QED) is 0.940. The van der Waals surface area contributed by atoms with Gasteiger partial charge in [-0.3, -0.25) is 4.90 Å². The Hall–Kier alpha value is -1.39. The zero-order chi connectivity index (χ0) is 14.1. The molecule has 0 spiro atoms. The van der Waals surface area contributed by atoms with Gasteiger partial charge in [-0.25, -0.2) is 4.98 Å². The molecular weight excluding hydrogens is 278 g/mol. The van der Waals surface area contributed by atoms with Crippen molar-refractivity contribution in [2.75, 3.05) is 25.0 Å². The first-order valence-electron chi connectivity index (χ1n) is 7.86. The van der Waals surface area contributed by atoms with Gasteiger partial charge in [0.05, 0.1) is 5.01 Å². The fraction of sp³-hybridized carbons (Fsp3) is 0.471. The van der Waals surface area contributed by atoms with Gasteiger partial charge < -0.3 is 5.32 Å². The molecule has 3 nitrogen and oxygen atoms in total. The Morgan fingerprint density at radius 2 is 2.19 bits per heavy atom. The number of para-hydroxylation sites is 1. The minimum absolute atomic E-state index is 0.681. The zero-order valence-corrected chi connectivity index (χ0v) is 13.0. The van der Waals surface area contributed by atoms with Crippen LogP contribution in [0, 0.1) is 0 Å². The van der Waals surface area contributed by atoms with Crippen molar-refractivity contribution in [3.8, 4) is 0 Å². The van der Waals surface area contributed by atoms with E-state index in [9.17, 15) is 0 Å². The number of likely N-dealkylation sites (tertiary alicyclic amines) is 1. The third-order valence-electron chi connectivity index (χ3n) is 4.72. The average molecular weight is 299 g/mol. The first kappa shape index (κ1) is 13.3. The van der Waals surface area contributed by atoms with Gasteiger partial charge in [-0.05, 0) is 43.5 Å². The molecule has 1 fully saturated rings. The second-order valence-corrected chi connectivity index (χ2v) is 6.97. The lowest BCUT2D eigenvalue weighted by Gasteiger charge is -2.31. The lowest BCUT2D eigenvalue weighted by atomic mass is 9.97. The summed E-state index contributed by atoms with van der Waals surface area (Å²) in [5, 5.41) is 6.98. The van der Waals surface area contributed by atoms with E-state index in [0.29, 0.717) is 5.92 Å². The normalized spacial score (nSPS) is 19.4. The maximum absolute atomic E-state index is 4.49. The third-order valence-corrected chi connectivity index (χ3v) is 5.65. The highest BCUT2D eigenvalue weighted by Gasteiger charge is 2.23. The maximum atomic E-state index is 4.49. The standard InChI is InChI=1S/C17H21N3S/c1-2-13-4-7-18-16(13)15(3-1)12-20-9-5-14(6-10-20)17-19-8-11-21-17/h1-3,8,11,14,18H,4-7,9-10,12H2. The van der Waals surface area contributed by atoms with E-state index in [4.69, 9.17) is 0 Å². The van der Waals surface area contributed by atoms with Crippen LogP contribution in [0.15, 0.2) is 29.8 Å². The highest BCUT2D eigenvalue weighted by Crippen LogP contribution is 2.32. The smallest absolute Gasteiger partial charge is 0.0956 e. The van der Waals surface area contributed by atoms with E-state index >= 15 is 0 Å². The molecule has 2 aromatic rings. The SMILES string of the molecule is c1cc2c(c(CN3CCC(c4nccs4)CC3)c1)NCC2. The molecule has 0 radical (unpaired) electrons. The second kappa shape index (κ2) is 5.78. The van der Waals surface area contributed by atoms with E-state index < -0.39 is 0 Å². The molecular formula is C17H21N3S. The summed E-state index contributed by atoms with van der Waals surface area (Å²) in [5.41, 5.74) is 4.36. The van der Waals surface area contributed by atoms with Gasteiger partial charge in [0.1, 0.15) is 0 Å². The molecule has 3 heterocycles. The van der Waals surface area contributed by atoms with Gasteiger partial charge in [0.15, 0.2) is 0 Å². The summed E-state index contributed by atoms with van der Waals surface area (Å²) in [6.07, 6.45) is 5.60. The van der Waals surface area contributed by atoms with E-state index in [1.807, 2.05) is 17.5 Å². The van der Waals surface area contributed by atoms with Crippen LogP contribution in [0.25, 0.3) is 0 Å². The molecule has 4 heteroatoms. The van der Waals surface area contributed by atoms with Crippen molar-refractivity contribution in [2.24, 2.45) is 0 Å². The Balaban J connectivity index is 1.40. The van der Waals surface area contributed by atoms with Crippen molar-refractivity contribution in [3.63, 3.8) is 0 Å². The molecule has 0 aliphatic carbocycles. The number of rotatable bonds is 3. The molecule has 0 amide bonds. The second-order valence-electron chi connectivity index (χ2n) is 6.05. The number of nitrogens with zero attached hydrogens (tertiary/aromatic N) is 2. The predicted octanol–water partition coefficient (Wildman–Crippen LogP) is 3.49. The van der Waals surface area contributed by atoms with Gasteiger partial charge in [-0.15, -0.1) is 11.3 Å². The summed E-state index contributed by atoms with van der Waals surface area (Å²) in [7, 11) is 0. The van der Waals surface area contributed by atoms with Crippen molar-refractivity contribution in [1.82, 2.24) is 9.88 Å². The number of hydrogen-bond acceptors (Lipinski definition) is 4. The van der Waals surface area contributed by atoms with Crippen LogP contribution in [0.3, 0.4) is 0 Å². The molecule has 0 atom stereocenters. The summed E-state index contributed by atoms with van der Waals surface area (Å²) in [5.74, 6) is 0.681.